The normalized spacial score (nSPS) is 30.6. The first-order valence-electron chi connectivity index (χ1n) is 12.8. The van der Waals surface area contributed by atoms with Gasteiger partial charge >= 0.3 is 0 Å². The molecule has 1 aromatic rings. The Bertz CT molecular complexity index is 1390. The molecule has 216 valence electrons. The summed E-state index contributed by atoms with van der Waals surface area (Å²) in [7, 11) is 2.88. The molecule has 0 heterocycles. The highest BCUT2D eigenvalue weighted by Gasteiger charge is 2.68. The van der Waals surface area contributed by atoms with Crippen molar-refractivity contribution in [2.75, 3.05) is 19.4 Å². The number of aliphatic hydroxyl groups is 4. The lowest BCUT2D eigenvalue weighted by atomic mass is 9.54. The standard InChI is InChI=1S/C27H32BrN3O9/c1-5-6-11(28)26(39)30-12-8-7-10-9(2)13-15(20(33)14(10)19(12)32)23(36)27(40)17(21(13)34)18(31(3)4)22(35)16(24(27)37)25(29)38/h7-9,11,13,17-18,21,32-34,37,40H,5-6H2,1-4H3,(H2,29,38)(H,30,39)/t9?,11?,13?,17?,18-,21?,27?/m0/s1. The third-order valence-corrected chi connectivity index (χ3v) is 9.09. The fraction of sp³-hybridized carbons (Fsp3) is 0.481. The highest BCUT2D eigenvalue weighted by molar-refractivity contribution is 9.10. The van der Waals surface area contributed by atoms with Crippen LogP contribution in [0.4, 0.5) is 5.69 Å². The number of fused-ring (bicyclic) bond motifs is 3. The van der Waals surface area contributed by atoms with E-state index in [0.717, 1.165) is 6.42 Å². The third kappa shape index (κ3) is 4.06. The van der Waals surface area contributed by atoms with Gasteiger partial charge in [0.25, 0.3) is 5.91 Å². The molecule has 40 heavy (non-hydrogen) atoms. The van der Waals surface area contributed by atoms with E-state index in [2.05, 4.69) is 21.2 Å². The first-order chi connectivity index (χ1) is 18.6. The van der Waals surface area contributed by atoms with Gasteiger partial charge in [0.1, 0.15) is 22.8 Å². The molecule has 7 atom stereocenters. The van der Waals surface area contributed by atoms with Crippen LogP contribution in [0.25, 0.3) is 5.76 Å². The lowest BCUT2D eigenvalue weighted by Gasteiger charge is -2.53. The van der Waals surface area contributed by atoms with Crippen LogP contribution in [0, 0.1) is 11.8 Å². The van der Waals surface area contributed by atoms with Gasteiger partial charge in [0.05, 0.1) is 34.1 Å². The number of ketones is 2. The van der Waals surface area contributed by atoms with Crippen molar-refractivity contribution in [3.63, 3.8) is 0 Å². The number of likely N-dealkylation sites (N-methyl/N-ethyl adjacent to an activating group) is 1. The zero-order valence-corrected chi connectivity index (χ0v) is 23.9. The van der Waals surface area contributed by atoms with Crippen LogP contribution in [0.15, 0.2) is 29.0 Å². The van der Waals surface area contributed by atoms with Gasteiger partial charge < -0.3 is 36.6 Å². The van der Waals surface area contributed by atoms with Gasteiger partial charge in [-0.05, 0) is 38.1 Å². The number of aromatic hydroxyl groups is 1. The maximum absolute atomic E-state index is 14.0. The summed E-state index contributed by atoms with van der Waals surface area (Å²) in [4.78, 5) is 52.6. The Morgan fingerprint density at radius 2 is 1.82 bits per heavy atom. The van der Waals surface area contributed by atoms with E-state index in [1.165, 1.54) is 31.1 Å². The Balaban J connectivity index is 1.93. The number of hydrogen-bond donors (Lipinski definition) is 7. The number of anilines is 1. The fourth-order valence-corrected chi connectivity index (χ4v) is 6.89. The summed E-state index contributed by atoms with van der Waals surface area (Å²) in [6, 6.07) is 1.54. The highest BCUT2D eigenvalue weighted by Crippen LogP contribution is 2.56. The molecule has 8 N–H and O–H groups in total. The molecule has 1 aromatic carbocycles. The number of halogens is 1. The number of aliphatic hydroxyl groups excluding tert-OH is 3. The minimum absolute atomic E-state index is 0.0443. The molecule has 0 spiro atoms. The third-order valence-electron chi connectivity index (χ3n) is 8.21. The molecule has 12 nitrogen and oxygen atoms in total. The van der Waals surface area contributed by atoms with E-state index in [0.29, 0.717) is 12.0 Å². The number of rotatable bonds is 6. The van der Waals surface area contributed by atoms with Crippen molar-refractivity contribution in [2.24, 2.45) is 17.6 Å². The number of benzene rings is 1. The minimum Gasteiger partial charge on any atom is -0.508 e. The van der Waals surface area contributed by atoms with Crippen LogP contribution in [0.5, 0.6) is 5.75 Å². The number of phenols is 1. The monoisotopic (exact) mass is 621 g/mol. The first-order valence-corrected chi connectivity index (χ1v) is 13.7. The Morgan fingerprint density at radius 3 is 2.38 bits per heavy atom. The molecule has 0 aliphatic heterocycles. The summed E-state index contributed by atoms with van der Waals surface area (Å²) in [5.41, 5.74) is 0.937. The number of alkyl halides is 1. The number of amides is 2. The van der Waals surface area contributed by atoms with E-state index in [1.807, 2.05) is 6.92 Å². The van der Waals surface area contributed by atoms with Gasteiger partial charge in [-0.15, -0.1) is 0 Å². The Kier molecular flexibility index (Phi) is 7.65. The minimum atomic E-state index is -2.99. The summed E-state index contributed by atoms with van der Waals surface area (Å²) in [5.74, 6) is -10.2. The number of phenolic OH excluding ortho intramolecular Hbond substituents is 1. The van der Waals surface area contributed by atoms with E-state index in [1.54, 1.807) is 6.92 Å². The molecular formula is C27H32BrN3O9. The van der Waals surface area contributed by atoms with Gasteiger partial charge in [-0.1, -0.05) is 42.3 Å². The molecule has 4 rings (SSSR count). The highest BCUT2D eigenvalue weighted by atomic mass is 79.9. The number of carbonyl (C=O) groups excluding carboxylic acids is 4. The van der Waals surface area contributed by atoms with E-state index in [-0.39, 0.29) is 11.3 Å². The van der Waals surface area contributed by atoms with Crippen molar-refractivity contribution in [3.8, 4) is 5.75 Å². The van der Waals surface area contributed by atoms with Crippen LogP contribution in [0.2, 0.25) is 0 Å². The summed E-state index contributed by atoms with van der Waals surface area (Å²) in [5, 5.41) is 59.3. The topological polar surface area (TPSA) is 211 Å². The summed E-state index contributed by atoms with van der Waals surface area (Å²) >= 11 is 3.28. The predicted octanol–water partition coefficient (Wildman–Crippen LogP) is 0.998. The molecule has 3 aliphatic rings. The van der Waals surface area contributed by atoms with Gasteiger partial charge in [-0.2, -0.15) is 0 Å². The molecule has 3 aliphatic carbocycles. The zero-order chi connectivity index (χ0) is 30.0. The number of nitrogens with one attached hydrogen (secondary N) is 1. The maximum atomic E-state index is 14.0. The SMILES string of the molecule is CCCC(Br)C(=O)Nc1ccc2c(c1O)C(O)=C1C(=O)C3(O)C(O)=C(C(N)=O)C(=O)[C@@H](N(C)C)C3C(O)C1C2C. The maximum Gasteiger partial charge on any atom is 0.255 e. The van der Waals surface area contributed by atoms with Crippen LogP contribution >= 0.6 is 15.9 Å². The molecule has 0 bridgehead atoms. The van der Waals surface area contributed by atoms with E-state index in [4.69, 9.17) is 5.73 Å². The van der Waals surface area contributed by atoms with Crippen molar-refractivity contribution in [1.82, 2.24) is 4.90 Å². The quantitative estimate of drug-likeness (QED) is 0.136. The molecule has 1 fully saturated rings. The number of primary amides is 1. The van der Waals surface area contributed by atoms with Gasteiger partial charge in [0, 0.05) is 11.5 Å². The number of nitrogens with two attached hydrogens (primary N) is 1. The number of Topliss-reactive ketones (excluding diaryl/α,β-unsaturated/α-hetero) is 2. The lowest BCUT2D eigenvalue weighted by Crippen LogP contribution is -2.70. The molecule has 13 heteroatoms. The van der Waals surface area contributed by atoms with Gasteiger partial charge in [0.15, 0.2) is 11.4 Å². The predicted molar refractivity (Wildman–Crippen MR) is 147 cm³/mol. The lowest BCUT2D eigenvalue weighted by molar-refractivity contribution is -0.169. The molecule has 2 amide bonds. The molecule has 0 saturated heterocycles. The van der Waals surface area contributed by atoms with Crippen molar-refractivity contribution >= 4 is 50.8 Å². The Hall–Kier alpha value is -3.26. The van der Waals surface area contributed by atoms with Crippen molar-refractivity contribution in [3.05, 3.63) is 40.2 Å². The van der Waals surface area contributed by atoms with Gasteiger partial charge in [-0.25, -0.2) is 0 Å². The summed E-state index contributed by atoms with van der Waals surface area (Å²) in [6.07, 6.45) is -0.433. The van der Waals surface area contributed by atoms with Crippen LogP contribution in [0.1, 0.15) is 43.7 Å². The fourth-order valence-electron chi connectivity index (χ4n) is 6.31. The van der Waals surface area contributed by atoms with Gasteiger partial charge in [0.2, 0.25) is 11.7 Å². The van der Waals surface area contributed by atoms with E-state index in [9.17, 15) is 44.7 Å². The Morgan fingerprint density at radius 1 is 1.20 bits per heavy atom. The van der Waals surface area contributed by atoms with E-state index < -0.39 is 92.1 Å². The first kappa shape index (κ1) is 29.7. The Labute approximate surface area is 238 Å². The van der Waals surface area contributed by atoms with Crippen LogP contribution in [0.3, 0.4) is 0 Å². The van der Waals surface area contributed by atoms with Crippen molar-refractivity contribution in [2.45, 2.75) is 55.2 Å². The number of nitrogens with zero attached hydrogens (tertiary/aromatic N) is 1. The number of hydrogen-bond acceptors (Lipinski definition) is 10. The molecule has 0 radical (unpaired) electrons. The van der Waals surface area contributed by atoms with E-state index >= 15 is 0 Å². The smallest absolute Gasteiger partial charge is 0.255 e. The average molecular weight is 622 g/mol. The second-order valence-electron chi connectivity index (χ2n) is 10.7. The molecule has 1 saturated carbocycles. The average Bonchev–Trinajstić information content (AvgIpc) is 2.87. The zero-order valence-electron chi connectivity index (χ0n) is 22.3. The largest absolute Gasteiger partial charge is 0.508 e. The summed E-state index contributed by atoms with van der Waals surface area (Å²) < 4.78 is 0. The second kappa shape index (κ2) is 10.3. The van der Waals surface area contributed by atoms with Crippen LogP contribution in [-0.4, -0.2) is 90.5 Å². The molecular weight excluding hydrogens is 590 g/mol. The van der Waals surface area contributed by atoms with Crippen LogP contribution in [-0.2, 0) is 19.2 Å². The summed E-state index contributed by atoms with van der Waals surface area (Å²) in [6.45, 7) is 3.53. The van der Waals surface area contributed by atoms with Crippen molar-refractivity contribution in [1.29, 1.82) is 0 Å². The molecule has 6 unspecified atom stereocenters. The van der Waals surface area contributed by atoms with Crippen LogP contribution < -0.4 is 11.1 Å². The van der Waals surface area contributed by atoms with Crippen molar-refractivity contribution < 1.29 is 44.7 Å². The molecule has 0 aromatic heterocycles. The second-order valence-corrected chi connectivity index (χ2v) is 11.8. The van der Waals surface area contributed by atoms with Gasteiger partial charge in [-0.3, -0.25) is 24.1 Å². The number of carbonyl (C=O) groups is 4.